The van der Waals surface area contributed by atoms with Gasteiger partial charge in [0.25, 0.3) is 0 Å². The van der Waals surface area contributed by atoms with E-state index in [1.165, 1.54) is 11.3 Å². The number of guanidine groups is 1. The van der Waals surface area contributed by atoms with Crippen LogP contribution in [0.1, 0.15) is 9.75 Å². The summed E-state index contributed by atoms with van der Waals surface area (Å²) >= 11 is 1.46. The fraction of sp³-hybridized carbons (Fsp3) is 0.312. The number of methoxy groups -OCH3 is 1. The molecule has 0 spiro atoms. The monoisotopic (exact) mass is 382 g/mol. The van der Waals surface area contributed by atoms with Crippen LogP contribution in [-0.4, -0.2) is 34.6 Å². The van der Waals surface area contributed by atoms with Crippen molar-refractivity contribution in [2.24, 2.45) is 10.7 Å². The van der Waals surface area contributed by atoms with Gasteiger partial charge in [0.15, 0.2) is 5.96 Å². The molecule has 25 heavy (non-hydrogen) atoms. The molecule has 2 aromatic rings. The van der Waals surface area contributed by atoms with Crippen LogP contribution in [-0.2, 0) is 10.0 Å². The molecule has 1 heterocycles. The van der Waals surface area contributed by atoms with Gasteiger partial charge in [-0.25, -0.2) is 13.1 Å². The van der Waals surface area contributed by atoms with Crippen molar-refractivity contribution in [2.75, 3.05) is 25.5 Å². The summed E-state index contributed by atoms with van der Waals surface area (Å²) in [5.41, 5.74) is 6.57. The molecule has 136 valence electrons. The van der Waals surface area contributed by atoms with Crippen LogP contribution in [0.25, 0.3) is 0 Å². The number of hydrogen-bond acceptors (Lipinski definition) is 5. The van der Waals surface area contributed by atoms with Gasteiger partial charge in [-0.3, -0.25) is 4.99 Å². The highest BCUT2D eigenvalue weighted by Gasteiger charge is 2.18. The Labute approximate surface area is 152 Å². The summed E-state index contributed by atoms with van der Waals surface area (Å²) in [7, 11) is -1.92. The van der Waals surface area contributed by atoms with Crippen LogP contribution in [0.5, 0.6) is 5.75 Å². The number of nitrogens with zero attached hydrogens (tertiary/aromatic N) is 1. The standard InChI is InChI=1S/C16H22N4O3S2/c1-11-10-15(12(2)24-11)25(21,22)19-9-8-18-16(17)20-13-4-6-14(23-3)7-5-13/h4-7,10,19H,8-9H2,1-3H3,(H3,17,18,20). The molecule has 4 N–H and O–H groups in total. The Kier molecular flexibility index (Phi) is 6.40. The zero-order valence-corrected chi connectivity index (χ0v) is 16.0. The average Bonchev–Trinajstić information content (AvgIpc) is 2.92. The lowest BCUT2D eigenvalue weighted by Crippen LogP contribution is -2.28. The highest BCUT2D eigenvalue weighted by Crippen LogP contribution is 2.24. The number of aryl methyl sites for hydroxylation is 2. The van der Waals surface area contributed by atoms with Crippen LogP contribution in [0.2, 0.25) is 0 Å². The first kappa shape index (κ1) is 19.2. The third-order valence-electron chi connectivity index (χ3n) is 3.33. The molecule has 0 bridgehead atoms. The molecule has 9 heteroatoms. The van der Waals surface area contributed by atoms with Crippen LogP contribution in [0.4, 0.5) is 5.69 Å². The Bertz CT molecular complexity index is 843. The summed E-state index contributed by atoms with van der Waals surface area (Å²) in [4.78, 5) is 6.17. The summed E-state index contributed by atoms with van der Waals surface area (Å²) < 4.78 is 32.1. The molecule has 2 rings (SSSR count). The topological polar surface area (TPSA) is 106 Å². The highest BCUT2D eigenvalue weighted by molar-refractivity contribution is 7.89. The number of anilines is 1. The highest BCUT2D eigenvalue weighted by atomic mass is 32.2. The molecule has 0 aliphatic carbocycles. The predicted octanol–water partition coefficient (Wildman–Crippen LogP) is 2.08. The lowest BCUT2D eigenvalue weighted by Gasteiger charge is -2.07. The van der Waals surface area contributed by atoms with Crippen molar-refractivity contribution < 1.29 is 13.2 Å². The first-order valence-corrected chi connectivity index (χ1v) is 9.89. The van der Waals surface area contributed by atoms with Crippen molar-refractivity contribution in [3.63, 3.8) is 0 Å². The average molecular weight is 383 g/mol. The van der Waals surface area contributed by atoms with E-state index in [4.69, 9.17) is 10.5 Å². The van der Waals surface area contributed by atoms with Gasteiger partial charge in [0.1, 0.15) is 5.75 Å². The molecule has 1 aromatic carbocycles. The molecule has 0 radical (unpaired) electrons. The lowest BCUT2D eigenvalue weighted by molar-refractivity contribution is 0.415. The van der Waals surface area contributed by atoms with Crippen LogP contribution < -0.4 is 20.5 Å². The molecule has 0 aliphatic heterocycles. The SMILES string of the molecule is COc1ccc(NC(N)=NCCNS(=O)(=O)c2cc(C)sc2C)cc1. The van der Waals surface area contributed by atoms with Gasteiger partial charge < -0.3 is 15.8 Å². The molecule has 1 aromatic heterocycles. The van der Waals surface area contributed by atoms with Crippen LogP contribution in [0.3, 0.4) is 0 Å². The predicted molar refractivity (Wildman–Crippen MR) is 102 cm³/mol. The maximum Gasteiger partial charge on any atom is 0.241 e. The van der Waals surface area contributed by atoms with Gasteiger partial charge in [-0.15, -0.1) is 11.3 Å². The molecule has 0 fully saturated rings. The second kappa shape index (κ2) is 8.32. The number of aliphatic imine (C=N–C) groups is 1. The summed E-state index contributed by atoms with van der Waals surface area (Å²) in [5.74, 6) is 0.960. The van der Waals surface area contributed by atoms with Crippen molar-refractivity contribution in [3.05, 3.63) is 40.1 Å². The van der Waals surface area contributed by atoms with Gasteiger partial charge in [0.2, 0.25) is 10.0 Å². The second-order valence-corrected chi connectivity index (χ2v) is 8.49. The molecule has 0 saturated heterocycles. The van der Waals surface area contributed by atoms with Crippen molar-refractivity contribution in [2.45, 2.75) is 18.7 Å². The smallest absolute Gasteiger partial charge is 0.241 e. The fourth-order valence-electron chi connectivity index (χ4n) is 2.17. The van der Waals surface area contributed by atoms with Gasteiger partial charge in [0, 0.05) is 22.0 Å². The third-order valence-corrected chi connectivity index (χ3v) is 6.02. The van der Waals surface area contributed by atoms with Crippen molar-refractivity contribution >= 4 is 33.0 Å². The minimum absolute atomic E-state index is 0.168. The fourth-order valence-corrected chi connectivity index (χ4v) is 4.74. The first-order chi connectivity index (χ1) is 11.8. The van der Waals surface area contributed by atoms with Crippen LogP contribution in [0, 0.1) is 13.8 Å². The summed E-state index contributed by atoms with van der Waals surface area (Å²) in [6.07, 6.45) is 0. The minimum atomic E-state index is -3.52. The van der Waals surface area contributed by atoms with Crippen LogP contribution >= 0.6 is 11.3 Å². The lowest BCUT2D eigenvalue weighted by atomic mass is 10.3. The molecule has 0 saturated carbocycles. The number of nitrogens with two attached hydrogens (primary N) is 1. The Morgan fingerprint density at radius 3 is 2.52 bits per heavy atom. The van der Waals surface area contributed by atoms with E-state index in [-0.39, 0.29) is 19.0 Å². The largest absolute Gasteiger partial charge is 0.497 e. The van der Waals surface area contributed by atoms with Crippen molar-refractivity contribution in [1.82, 2.24) is 4.72 Å². The van der Waals surface area contributed by atoms with Gasteiger partial charge in [-0.05, 0) is 44.2 Å². The summed E-state index contributed by atoms with van der Waals surface area (Å²) in [6.45, 7) is 4.08. The molecular weight excluding hydrogens is 360 g/mol. The zero-order valence-electron chi connectivity index (χ0n) is 14.4. The molecule has 0 aliphatic rings. The van der Waals surface area contributed by atoms with E-state index in [0.717, 1.165) is 21.2 Å². The normalized spacial score (nSPS) is 12.2. The van der Waals surface area contributed by atoms with Crippen molar-refractivity contribution in [1.29, 1.82) is 0 Å². The van der Waals surface area contributed by atoms with Gasteiger partial charge in [-0.2, -0.15) is 0 Å². The molecular formula is C16H22N4O3S2. The van der Waals surface area contributed by atoms with Gasteiger partial charge >= 0.3 is 0 Å². The minimum Gasteiger partial charge on any atom is -0.497 e. The number of benzene rings is 1. The Morgan fingerprint density at radius 2 is 1.96 bits per heavy atom. The Hall–Kier alpha value is -2.10. The molecule has 0 amide bonds. The number of nitrogens with one attached hydrogen (secondary N) is 2. The van der Waals surface area contributed by atoms with E-state index < -0.39 is 10.0 Å². The maximum absolute atomic E-state index is 12.3. The number of thiophene rings is 1. The molecule has 0 unspecified atom stereocenters. The van der Waals surface area contributed by atoms with E-state index in [0.29, 0.717) is 4.90 Å². The molecule has 7 nitrogen and oxygen atoms in total. The molecule has 0 atom stereocenters. The van der Waals surface area contributed by atoms with E-state index in [2.05, 4.69) is 15.0 Å². The maximum atomic E-state index is 12.3. The number of hydrogen-bond donors (Lipinski definition) is 3. The van der Waals surface area contributed by atoms with E-state index >= 15 is 0 Å². The van der Waals surface area contributed by atoms with E-state index in [9.17, 15) is 8.42 Å². The van der Waals surface area contributed by atoms with Gasteiger partial charge in [0.05, 0.1) is 18.6 Å². The summed E-state index contributed by atoms with van der Waals surface area (Å²) in [5, 5.41) is 2.93. The Balaban J connectivity index is 1.86. The van der Waals surface area contributed by atoms with Gasteiger partial charge in [-0.1, -0.05) is 0 Å². The van der Waals surface area contributed by atoms with Crippen LogP contribution in [0.15, 0.2) is 40.2 Å². The quantitative estimate of drug-likeness (QED) is 0.386. The number of ether oxygens (including phenoxy) is 1. The van der Waals surface area contributed by atoms with E-state index in [1.54, 1.807) is 32.2 Å². The summed E-state index contributed by atoms with van der Waals surface area (Å²) in [6, 6.07) is 8.90. The third kappa shape index (κ3) is 5.45. The first-order valence-electron chi connectivity index (χ1n) is 7.59. The van der Waals surface area contributed by atoms with E-state index in [1.807, 2.05) is 19.1 Å². The Morgan fingerprint density at radius 1 is 1.28 bits per heavy atom. The second-order valence-electron chi connectivity index (χ2n) is 5.30. The number of sulfonamides is 1. The number of rotatable bonds is 7. The zero-order chi connectivity index (χ0) is 18.4. The van der Waals surface area contributed by atoms with Crippen molar-refractivity contribution in [3.8, 4) is 5.75 Å².